The molecule has 10 nitrogen and oxygen atoms in total. The van der Waals surface area contributed by atoms with E-state index in [1.165, 1.54) is 10.8 Å². The van der Waals surface area contributed by atoms with Crippen LogP contribution in [0, 0.1) is 5.92 Å². The van der Waals surface area contributed by atoms with Crippen molar-refractivity contribution in [3.8, 4) is 0 Å². The van der Waals surface area contributed by atoms with Crippen molar-refractivity contribution >= 4 is 51.2 Å². The Labute approximate surface area is 200 Å². The molecule has 1 spiro atoms. The van der Waals surface area contributed by atoms with Crippen molar-refractivity contribution in [1.82, 2.24) is 21.3 Å². The van der Waals surface area contributed by atoms with Gasteiger partial charge in [0.25, 0.3) is 0 Å². The number of esters is 1. The predicted molar refractivity (Wildman–Crippen MR) is 125 cm³/mol. The number of carbonyl (C=O) groups excluding carboxylic acids is 5. The van der Waals surface area contributed by atoms with Gasteiger partial charge in [0.2, 0.25) is 23.6 Å². The molecule has 4 amide bonds. The van der Waals surface area contributed by atoms with Gasteiger partial charge in [-0.2, -0.15) is 0 Å². The van der Waals surface area contributed by atoms with Gasteiger partial charge in [-0.25, -0.2) is 0 Å². The predicted octanol–water partition coefficient (Wildman–Crippen LogP) is 0.0338. The maximum absolute atomic E-state index is 13.1. The molecule has 33 heavy (non-hydrogen) atoms. The van der Waals surface area contributed by atoms with Gasteiger partial charge in [-0.3, -0.25) is 24.0 Å². The van der Waals surface area contributed by atoms with E-state index in [0.29, 0.717) is 25.0 Å². The van der Waals surface area contributed by atoms with Crippen molar-refractivity contribution in [3.63, 3.8) is 0 Å². The highest BCUT2D eigenvalue weighted by Gasteiger charge is 2.52. The number of ether oxygens (including phenoxy) is 1. The maximum atomic E-state index is 13.1. The summed E-state index contributed by atoms with van der Waals surface area (Å²) in [6.45, 7) is 3.16. The lowest BCUT2D eigenvalue weighted by molar-refractivity contribution is -0.148. The molecule has 1 saturated carbocycles. The topological polar surface area (TPSA) is 143 Å². The number of rotatable bonds is 1. The fourth-order valence-electron chi connectivity index (χ4n) is 3.47. The maximum Gasteiger partial charge on any atom is 0.326 e. The first-order valence-corrected chi connectivity index (χ1v) is 13.5. The number of hydrogen-bond donors (Lipinski definition) is 4. The number of hydrogen-bond acceptors (Lipinski definition) is 8. The summed E-state index contributed by atoms with van der Waals surface area (Å²) >= 11 is 0. The Kier molecular flexibility index (Phi) is 8.69. The summed E-state index contributed by atoms with van der Waals surface area (Å²) in [6, 6.07) is -1.78. The number of allylic oxidation sites excluding steroid dienone is 1. The van der Waals surface area contributed by atoms with Gasteiger partial charge in [0.1, 0.15) is 30.3 Å². The minimum absolute atomic E-state index is 0.147. The van der Waals surface area contributed by atoms with Gasteiger partial charge in [0.15, 0.2) is 0 Å². The minimum Gasteiger partial charge on any atom is -0.456 e. The van der Waals surface area contributed by atoms with Crippen LogP contribution in [-0.2, 0) is 28.7 Å². The molecular formula is C21H30N4O6S2. The molecule has 4 N–H and O–H groups in total. The van der Waals surface area contributed by atoms with E-state index in [9.17, 15) is 24.0 Å². The zero-order valence-electron chi connectivity index (χ0n) is 18.7. The molecule has 2 aliphatic heterocycles. The van der Waals surface area contributed by atoms with Crippen molar-refractivity contribution in [2.75, 3.05) is 18.1 Å². The van der Waals surface area contributed by atoms with E-state index in [-0.39, 0.29) is 18.9 Å². The lowest BCUT2D eigenvalue weighted by atomic mass is 10.0. The Morgan fingerprint density at radius 2 is 1.82 bits per heavy atom. The van der Waals surface area contributed by atoms with E-state index in [4.69, 9.17) is 4.74 Å². The fraction of sp³-hybridized carbons (Fsp3) is 0.667. The van der Waals surface area contributed by atoms with Gasteiger partial charge in [0.05, 0.1) is 6.42 Å². The number of carbonyl (C=O) groups is 5. The SMILES string of the molecule is CC(C)C1NC(=O)[C@H]2CSSCC/C=C/[C@H](CC(=O)NC3(CC3)C(=O)N2)OC(=O)CNC1=O. The molecule has 0 aromatic heterocycles. The van der Waals surface area contributed by atoms with Gasteiger partial charge in [-0.1, -0.05) is 41.5 Å². The van der Waals surface area contributed by atoms with Gasteiger partial charge in [-0.15, -0.1) is 0 Å². The van der Waals surface area contributed by atoms with Gasteiger partial charge in [0, 0.05) is 11.5 Å². The lowest BCUT2D eigenvalue weighted by Crippen LogP contribution is -2.59. The normalized spacial score (nSPS) is 30.4. The lowest BCUT2D eigenvalue weighted by Gasteiger charge is -2.27. The molecular weight excluding hydrogens is 468 g/mol. The van der Waals surface area contributed by atoms with E-state index < -0.39 is 53.3 Å². The van der Waals surface area contributed by atoms with Gasteiger partial charge in [-0.05, 0) is 31.3 Å². The molecule has 3 aliphatic rings. The van der Waals surface area contributed by atoms with E-state index in [2.05, 4.69) is 21.3 Å². The largest absolute Gasteiger partial charge is 0.456 e. The highest BCUT2D eigenvalue weighted by atomic mass is 33.1. The fourth-order valence-corrected chi connectivity index (χ4v) is 5.63. The van der Waals surface area contributed by atoms with Crippen LogP contribution in [0.3, 0.4) is 0 Å². The Bertz CT molecular complexity index is 830. The molecule has 0 radical (unpaired) electrons. The second-order valence-corrected chi connectivity index (χ2v) is 11.3. The van der Waals surface area contributed by atoms with Gasteiger partial charge < -0.3 is 26.0 Å². The third kappa shape index (κ3) is 7.13. The smallest absolute Gasteiger partial charge is 0.326 e. The molecule has 1 aliphatic carbocycles. The molecule has 3 atom stereocenters. The molecule has 1 unspecified atom stereocenters. The molecule has 2 heterocycles. The van der Waals surface area contributed by atoms with Crippen LogP contribution in [-0.4, -0.2) is 71.4 Å². The monoisotopic (exact) mass is 498 g/mol. The van der Waals surface area contributed by atoms with E-state index in [1.54, 1.807) is 30.7 Å². The zero-order chi connectivity index (χ0) is 24.0. The van der Waals surface area contributed by atoms with Crippen molar-refractivity contribution in [1.29, 1.82) is 0 Å². The third-order valence-electron chi connectivity index (χ3n) is 5.55. The number of amides is 4. The molecule has 3 rings (SSSR count). The Balaban J connectivity index is 1.94. The standard InChI is InChI=1S/C21H30N4O6S2/c1-12(2)17-19(29)22-10-16(27)31-13-5-3-4-8-32-33-11-14(18(28)24-17)23-20(30)21(6-7-21)25-15(26)9-13/h3,5,12-14,17H,4,6-11H2,1-2H3,(H,22,29)(H,23,30)(H,24,28)(H,25,26)/b5-3+/t13-,14-,17?/m1/s1. The second kappa shape index (κ2) is 11.3. The Hall–Kier alpha value is -2.21. The van der Waals surface area contributed by atoms with Crippen LogP contribution in [0.5, 0.6) is 0 Å². The first kappa shape index (κ1) is 25.4. The molecule has 0 aromatic carbocycles. The summed E-state index contributed by atoms with van der Waals surface area (Å²) in [6.07, 6.45) is 4.11. The van der Waals surface area contributed by atoms with E-state index in [1.807, 2.05) is 6.08 Å². The molecule has 1 saturated heterocycles. The van der Waals surface area contributed by atoms with Crippen molar-refractivity contribution in [2.24, 2.45) is 5.92 Å². The van der Waals surface area contributed by atoms with Crippen molar-refractivity contribution < 1.29 is 28.7 Å². The van der Waals surface area contributed by atoms with Crippen LogP contribution >= 0.6 is 21.6 Å². The number of fused-ring (bicyclic) bond motifs is 5. The van der Waals surface area contributed by atoms with Crippen molar-refractivity contribution in [3.05, 3.63) is 12.2 Å². The molecule has 2 bridgehead atoms. The highest BCUT2D eigenvalue weighted by Crippen LogP contribution is 2.36. The molecule has 12 heteroatoms. The van der Waals surface area contributed by atoms with Crippen molar-refractivity contribution in [2.45, 2.75) is 63.3 Å². The first-order chi connectivity index (χ1) is 15.7. The summed E-state index contributed by atoms with van der Waals surface area (Å²) in [5, 5.41) is 10.7. The molecule has 182 valence electrons. The Morgan fingerprint density at radius 1 is 1.06 bits per heavy atom. The minimum atomic E-state index is -1.07. The number of nitrogens with one attached hydrogen (secondary N) is 4. The summed E-state index contributed by atoms with van der Waals surface area (Å²) in [5.41, 5.74) is -1.07. The average Bonchev–Trinajstić information content (AvgIpc) is 3.52. The van der Waals surface area contributed by atoms with Gasteiger partial charge >= 0.3 is 5.97 Å². The summed E-state index contributed by atoms with van der Waals surface area (Å²) in [4.78, 5) is 63.8. The summed E-state index contributed by atoms with van der Waals surface area (Å²) < 4.78 is 5.42. The first-order valence-electron chi connectivity index (χ1n) is 11.0. The summed E-state index contributed by atoms with van der Waals surface area (Å²) in [7, 11) is 2.99. The van der Waals surface area contributed by atoms with Crippen LogP contribution in [0.15, 0.2) is 12.2 Å². The van der Waals surface area contributed by atoms with Crippen LogP contribution < -0.4 is 21.3 Å². The third-order valence-corrected chi connectivity index (χ3v) is 7.99. The Morgan fingerprint density at radius 3 is 2.52 bits per heavy atom. The average molecular weight is 499 g/mol. The van der Waals surface area contributed by atoms with Crippen LogP contribution in [0.1, 0.15) is 39.5 Å². The quantitative estimate of drug-likeness (QED) is 0.225. The zero-order valence-corrected chi connectivity index (χ0v) is 20.3. The van der Waals surface area contributed by atoms with E-state index >= 15 is 0 Å². The molecule has 0 aromatic rings. The highest BCUT2D eigenvalue weighted by molar-refractivity contribution is 8.76. The van der Waals surface area contributed by atoms with Crippen LogP contribution in [0.4, 0.5) is 0 Å². The summed E-state index contributed by atoms with van der Waals surface area (Å²) in [5.74, 6) is -1.80. The van der Waals surface area contributed by atoms with E-state index in [0.717, 1.165) is 5.75 Å². The van der Waals surface area contributed by atoms with Crippen LogP contribution in [0.25, 0.3) is 0 Å². The molecule has 2 fully saturated rings. The van der Waals surface area contributed by atoms with Crippen LogP contribution in [0.2, 0.25) is 0 Å². The second-order valence-electron chi connectivity index (χ2n) is 8.66.